The number of amides is 1. The van der Waals surface area contributed by atoms with Gasteiger partial charge in [0.25, 0.3) is 14.4 Å². The number of anilines is 1. The molecule has 2 aromatic heterocycles. The number of rotatable bonds is 21. The van der Waals surface area contributed by atoms with Gasteiger partial charge in [0.05, 0.1) is 58.9 Å². The standard InChI is InChI=1S/C46H52N7O6P/c1-33(2)53(34(3)4)60(58-28-13-27-47)59-41(30-52-32-50-42-43(48-31-49-44(42)52)51-45(54)35-14-9-7-10-15-35)26-29-57-46(36-16-11-8-12-17-36,37-18-22-39(55-5)23-19-37)38-20-24-40(56-6)25-21-38/h7-12,14-25,31-34,41H,13,26,28-30H2,1-6H3,(H,48,49,51,54)/t41-,60?/m0/s1. The molecule has 60 heavy (non-hydrogen) atoms. The van der Waals surface area contributed by atoms with Gasteiger partial charge in [0.1, 0.15) is 23.4 Å². The molecule has 0 saturated heterocycles. The van der Waals surface area contributed by atoms with Crippen LogP contribution in [-0.4, -0.2) is 75.7 Å². The maximum Gasteiger partial charge on any atom is 0.259 e. The summed E-state index contributed by atoms with van der Waals surface area (Å²) in [4.78, 5) is 26.7. The summed E-state index contributed by atoms with van der Waals surface area (Å²) in [5.41, 5.74) is 3.18. The average Bonchev–Trinajstić information content (AvgIpc) is 3.69. The summed E-state index contributed by atoms with van der Waals surface area (Å²) in [6, 6.07) is 37.3. The number of aromatic nitrogens is 4. The van der Waals surface area contributed by atoms with Gasteiger partial charge in [-0.2, -0.15) is 5.26 Å². The molecule has 14 heteroatoms. The summed E-state index contributed by atoms with van der Waals surface area (Å²) in [7, 11) is 1.66. The van der Waals surface area contributed by atoms with Crippen molar-refractivity contribution in [1.29, 1.82) is 5.26 Å². The van der Waals surface area contributed by atoms with Gasteiger partial charge in [-0.1, -0.05) is 72.8 Å². The van der Waals surface area contributed by atoms with E-state index < -0.39 is 20.2 Å². The normalized spacial score (nSPS) is 12.7. The summed E-state index contributed by atoms with van der Waals surface area (Å²) >= 11 is 0. The number of hydrogen-bond acceptors (Lipinski definition) is 11. The number of imidazole rings is 1. The quantitative estimate of drug-likeness (QED) is 0.0421. The molecule has 0 bridgehead atoms. The van der Waals surface area contributed by atoms with Crippen LogP contribution in [0.5, 0.6) is 11.5 Å². The number of methoxy groups -OCH3 is 2. The van der Waals surface area contributed by atoms with Crippen LogP contribution in [0.1, 0.15) is 67.6 Å². The fraction of sp³-hybridized carbons (Fsp3) is 0.326. The van der Waals surface area contributed by atoms with E-state index in [-0.39, 0.29) is 37.6 Å². The van der Waals surface area contributed by atoms with Crippen molar-refractivity contribution < 1.29 is 28.1 Å². The van der Waals surface area contributed by atoms with E-state index >= 15 is 0 Å². The van der Waals surface area contributed by atoms with E-state index in [0.29, 0.717) is 35.5 Å². The average molecular weight is 830 g/mol. The fourth-order valence-electron chi connectivity index (χ4n) is 7.11. The predicted octanol–water partition coefficient (Wildman–Crippen LogP) is 9.16. The van der Waals surface area contributed by atoms with Crippen LogP contribution in [0.4, 0.5) is 5.82 Å². The van der Waals surface area contributed by atoms with E-state index in [1.807, 2.05) is 77.4 Å². The number of benzene rings is 4. The molecule has 0 aliphatic heterocycles. The summed E-state index contributed by atoms with van der Waals surface area (Å²) in [6.07, 6.45) is 3.25. The molecular weight excluding hydrogens is 778 g/mol. The van der Waals surface area contributed by atoms with Crippen molar-refractivity contribution in [2.45, 2.75) is 70.9 Å². The molecule has 2 heterocycles. The molecule has 0 fully saturated rings. The zero-order valence-electron chi connectivity index (χ0n) is 34.9. The second kappa shape index (κ2) is 21.0. The van der Waals surface area contributed by atoms with Crippen molar-refractivity contribution in [2.75, 3.05) is 32.8 Å². The molecule has 4 aromatic carbocycles. The number of fused-ring (bicyclic) bond motifs is 1. The Hall–Kier alpha value is -5.74. The predicted molar refractivity (Wildman–Crippen MR) is 233 cm³/mol. The second-order valence-electron chi connectivity index (χ2n) is 14.5. The first-order valence-corrected chi connectivity index (χ1v) is 21.1. The van der Waals surface area contributed by atoms with Crippen molar-refractivity contribution in [2.24, 2.45) is 0 Å². The minimum atomic E-state index is -1.63. The van der Waals surface area contributed by atoms with Gasteiger partial charge in [-0.3, -0.25) is 4.79 Å². The SMILES string of the molecule is COc1ccc(C(OCC[C@@H](Cn2cnc3c(NC(=O)c4ccccc4)ncnc32)OP(OCCC#N)N(C(C)C)C(C)C)(c2ccccc2)c2ccc(OC)cc2)cc1. The molecule has 6 rings (SSSR count). The zero-order chi connectivity index (χ0) is 42.5. The Kier molecular flexibility index (Phi) is 15.3. The maximum atomic E-state index is 13.1. The third-order valence-electron chi connectivity index (χ3n) is 9.90. The summed E-state index contributed by atoms with van der Waals surface area (Å²) < 4.78 is 35.9. The van der Waals surface area contributed by atoms with Gasteiger partial charge in [0.2, 0.25) is 0 Å². The lowest BCUT2D eigenvalue weighted by Crippen LogP contribution is -2.36. The third-order valence-corrected chi connectivity index (χ3v) is 12.1. The lowest BCUT2D eigenvalue weighted by molar-refractivity contribution is -0.00598. The van der Waals surface area contributed by atoms with Gasteiger partial charge in [0.15, 0.2) is 17.0 Å². The summed E-state index contributed by atoms with van der Waals surface area (Å²) in [6.45, 7) is 9.21. The molecule has 13 nitrogen and oxygen atoms in total. The highest BCUT2D eigenvalue weighted by Crippen LogP contribution is 2.48. The highest BCUT2D eigenvalue weighted by Gasteiger charge is 2.39. The van der Waals surface area contributed by atoms with Gasteiger partial charge in [-0.15, -0.1) is 0 Å². The Balaban J connectivity index is 1.38. The van der Waals surface area contributed by atoms with Crippen LogP contribution < -0.4 is 14.8 Å². The highest BCUT2D eigenvalue weighted by atomic mass is 31.2. The largest absolute Gasteiger partial charge is 0.497 e. The minimum Gasteiger partial charge on any atom is -0.497 e. The van der Waals surface area contributed by atoms with E-state index in [0.717, 1.165) is 28.2 Å². The zero-order valence-corrected chi connectivity index (χ0v) is 35.8. The first kappa shape index (κ1) is 43.8. The van der Waals surface area contributed by atoms with Crippen LogP contribution in [0.25, 0.3) is 11.2 Å². The first-order valence-electron chi connectivity index (χ1n) is 19.9. The number of hydrogen-bond donors (Lipinski definition) is 1. The van der Waals surface area contributed by atoms with Crippen LogP contribution in [0, 0.1) is 11.3 Å². The number of ether oxygens (including phenoxy) is 3. The Morgan fingerprint density at radius 1 is 0.800 bits per heavy atom. The Bertz CT molecular complexity index is 2250. The molecular formula is C46H52N7O6P. The number of carbonyl (C=O) groups excluding carboxylic acids is 1. The van der Waals surface area contributed by atoms with Crippen molar-refractivity contribution in [1.82, 2.24) is 24.2 Å². The van der Waals surface area contributed by atoms with E-state index in [4.69, 9.17) is 23.3 Å². The van der Waals surface area contributed by atoms with Gasteiger partial charge in [0, 0.05) is 17.6 Å². The lowest BCUT2D eigenvalue weighted by atomic mass is 9.80. The van der Waals surface area contributed by atoms with Gasteiger partial charge < -0.3 is 33.1 Å². The Labute approximate surface area is 353 Å². The topological polar surface area (TPSA) is 146 Å². The summed E-state index contributed by atoms with van der Waals surface area (Å²) in [5.74, 6) is 1.45. The molecule has 1 amide bonds. The van der Waals surface area contributed by atoms with Crippen LogP contribution in [0.15, 0.2) is 122 Å². The monoisotopic (exact) mass is 829 g/mol. The van der Waals surface area contributed by atoms with Crippen molar-refractivity contribution in [3.05, 3.63) is 144 Å². The minimum absolute atomic E-state index is 0.0866. The molecule has 0 spiro atoms. The smallest absolute Gasteiger partial charge is 0.259 e. The van der Waals surface area contributed by atoms with Crippen LogP contribution in [0.2, 0.25) is 0 Å². The van der Waals surface area contributed by atoms with Gasteiger partial charge >= 0.3 is 0 Å². The third kappa shape index (κ3) is 10.3. The second-order valence-corrected chi connectivity index (χ2v) is 15.9. The molecule has 0 aliphatic carbocycles. The molecule has 0 radical (unpaired) electrons. The van der Waals surface area contributed by atoms with E-state index in [2.05, 4.69) is 70.8 Å². The molecule has 0 saturated carbocycles. The van der Waals surface area contributed by atoms with E-state index in [1.165, 1.54) is 6.33 Å². The molecule has 0 aliphatic rings. The van der Waals surface area contributed by atoms with Gasteiger partial charge in [-0.05, 0) is 87.2 Å². The van der Waals surface area contributed by atoms with Crippen molar-refractivity contribution in [3.8, 4) is 17.6 Å². The highest BCUT2D eigenvalue weighted by molar-refractivity contribution is 7.44. The fourth-order valence-corrected chi connectivity index (χ4v) is 8.84. The van der Waals surface area contributed by atoms with Crippen LogP contribution in [0.3, 0.4) is 0 Å². The molecule has 312 valence electrons. The molecule has 6 aromatic rings. The number of nitriles is 1. The van der Waals surface area contributed by atoms with Gasteiger partial charge in [-0.25, -0.2) is 19.6 Å². The van der Waals surface area contributed by atoms with Crippen LogP contribution in [-0.2, 0) is 25.9 Å². The molecule has 1 N–H and O–H groups in total. The van der Waals surface area contributed by atoms with Crippen molar-refractivity contribution in [3.63, 3.8) is 0 Å². The maximum absolute atomic E-state index is 13.1. The van der Waals surface area contributed by atoms with Crippen LogP contribution >= 0.6 is 8.53 Å². The first-order chi connectivity index (χ1) is 29.2. The number of nitrogens with one attached hydrogen (secondary N) is 1. The lowest BCUT2D eigenvalue weighted by Gasteiger charge is -2.38. The summed E-state index contributed by atoms with van der Waals surface area (Å²) in [5, 5.41) is 12.3. The van der Waals surface area contributed by atoms with E-state index in [1.54, 1.807) is 44.8 Å². The van der Waals surface area contributed by atoms with Crippen molar-refractivity contribution >= 4 is 31.4 Å². The number of carbonyl (C=O) groups is 1. The molecule has 2 atom stereocenters. The number of nitrogens with zero attached hydrogens (tertiary/aromatic N) is 6. The molecule has 1 unspecified atom stereocenters. The Morgan fingerprint density at radius 2 is 1.38 bits per heavy atom. The Morgan fingerprint density at radius 3 is 1.95 bits per heavy atom. The van der Waals surface area contributed by atoms with E-state index in [9.17, 15) is 10.1 Å².